The second-order valence-corrected chi connectivity index (χ2v) is 10.2. The lowest BCUT2D eigenvalue weighted by molar-refractivity contribution is -0.305. The number of esters is 1. The minimum Gasteiger partial charge on any atom is -0.550 e. The van der Waals surface area contributed by atoms with E-state index in [0.717, 1.165) is 38.5 Å². The third kappa shape index (κ3) is 3.01. The smallest absolute Gasteiger partial charge is 0.307 e. The van der Waals surface area contributed by atoms with E-state index >= 15 is 0 Å². The predicted octanol–water partition coefficient (Wildman–Crippen LogP) is 2.85. The summed E-state index contributed by atoms with van der Waals surface area (Å²) in [5.74, 6) is -0.436. The average Bonchev–Trinajstić information content (AvgIpc) is 2.99. The molecule has 6 atom stereocenters. The second kappa shape index (κ2) is 7.21. The van der Waals surface area contributed by atoms with Gasteiger partial charge in [-0.25, -0.2) is 0 Å². The summed E-state index contributed by atoms with van der Waals surface area (Å²) < 4.78 is 5.75. The maximum atomic E-state index is 12.3. The first-order valence-electron chi connectivity index (χ1n) is 11.2. The summed E-state index contributed by atoms with van der Waals surface area (Å²) in [6, 6.07) is 2.34. The maximum Gasteiger partial charge on any atom is 0.307 e. The largest absolute Gasteiger partial charge is 0.550 e. The number of nitriles is 1. The fourth-order valence-electron chi connectivity index (χ4n) is 7.38. The summed E-state index contributed by atoms with van der Waals surface area (Å²) in [6.45, 7) is 4.41. The Kier molecular flexibility index (Phi) is 5.07. The quantitative estimate of drug-likeness (QED) is 0.657. The summed E-state index contributed by atoms with van der Waals surface area (Å²) >= 11 is 0. The first kappa shape index (κ1) is 21.1. The van der Waals surface area contributed by atoms with Crippen molar-refractivity contribution in [1.82, 2.24) is 0 Å². The fraction of sp³-hybridized carbons (Fsp3) is 0.750. The minimum absolute atomic E-state index is 0.0568. The number of hydrogen-bond donors (Lipinski definition) is 0. The summed E-state index contributed by atoms with van der Waals surface area (Å²) in [7, 11) is 0. The fourth-order valence-corrected chi connectivity index (χ4v) is 7.38. The van der Waals surface area contributed by atoms with Crippen molar-refractivity contribution in [2.75, 3.05) is 0 Å². The van der Waals surface area contributed by atoms with Crippen molar-refractivity contribution in [3.05, 3.63) is 11.6 Å². The van der Waals surface area contributed by atoms with Crippen molar-refractivity contribution in [3.63, 3.8) is 0 Å². The van der Waals surface area contributed by atoms with E-state index in [1.165, 1.54) is 5.57 Å². The second-order valence-electron chi connectivity index (χ2n) is 10.2. The molecule has 0 N–H and O–H groups in total. The van der Waals surface area contributed by atoms with E-state index in [4.69, 9.17) is 4.74 Å². The van der Waals surface area contributed by atoms with E-state index in [1.54, 1.807) is 0 Å². The normalized spacial score (nSPS) is 42.2. The Morgan fingerprint density at radius 1 is 1.13 bits per heavy atom. The lowest BCUT2D eigenvalue weighted by Crippen LogP contribution is -2.55. The summed E-state index contributed by atoms with van der Waals surface area (Å²) in [5, 5.41) is 20.8. The van der Waals surface area contributed by atoms with Gasteiger partial charge in [0, 0.05) is 24.2 Å². The van der Waals surface area contributed by atoms with Crippen molar-refractivity contribution in [2.24, 2.45) is 28.6 Å². The number of ether oxygens (including phenoxy) is 1. The van der Waals surface area contributed by atoms with Crippen molar-refractivity contribution in [1.29, 1.82) is 5.26 Å². The molecular weight excluding hydrogens is 382 g/mol. The molecule has 3 fully saturated rings. The Hall–Kier alpha value is -2.16. The Balaban J connectivity index is 1.58. The summed E-state index contributed by atoms with van der Waals surface area (Å²) in [4.78, 5) is 35.0. The zero-order valence-electron chi connectivity index (χ0n) is 17.9. The molecule has 6 heteroatoms. The minimum atomic E-state index is -1.29. The topological polar surface area (TPSA) is 107 Å². The zero-order valence-corrected chi connectivity index (χ0v) is 17.9. The van der Waals surface area contributed by atoms with Gasteiger partial charge in [-0.1, -0.05) is 19.4 Å². The van der Waals surface area contributed by atoms with Crippen molar-refractivity contribution >= 4 is 17.7 Å². The van der Waals surface area contributed by atoms with Crippen LogP contribution in [0.1, 0.15) is 78.1 Å². The number of rotatable bonds is 4. The van der Waals surface area contributed by atoms with Gasteiger partial charge in [0.2, 0.25) is 5.60 Å². The van der Waals surface area contributed by atoms with Gasteiger partial charge in [0.1, 0.15) is 6.07 Å². The number of nitrogens with zero attached hydrogens (tertiary/aromatic N) is 1. The molecule has 3 saturated carbocycles. The van der Waals surface area contributed by atoms with Gasteiger partial charge in [-0.15, -0.1) is 0 Å². The van der Waals surface area contributed by atoms with E-state index < -0.39 is 29.4 Å². The van der Waals surface area contributed by atoms with Gasteiger partial charge in [-0.05, 0) is 74.2 Å². The molecular formula is C24H30NO5-. The molecule has 0 unspecified atom stereocenters. The van der Waals surface area contributed by atoms with E-state index in [0.29, 0.717) is 30.6 Å². The van der Waals surface area contributed by atoms with E-state index in [-0.39, 0.29) is 17.6 Å². The number of carboxylic acid groups (broad SMARTS) is 1. The van der Waals surface area contributed by atoms with E-state index in [2.05, 4.69) is 19.9 Å². The lowest BCUT2D eigenvalue weighted by Gasteiger charge is -2.58. The molecule has 4 aliphatic carbocycles. The van der Waals surface area contributed by atoms with Crippen molar-refractivity contribution in [2.45, 2.75) is 83.7 Å². The third-order valence-electron chi connectivity index (χ3n) is 9.08. The Bertz CT molecular complexity index is 856. The van der Waals surface area contributed by atoms with E-state index in [9.17, 15) is 24.8 Å². The average molecular weight is 413 g/mol. The molecule has 162 valence electrons. The molecule has 0 aliphatic heterocycles. The number of hydrogen-bond acceptors (Lipinski definition) is 6. The lowest BCUT2D eigenvalue weighted by atomic mass is 9.46. The highest BCUT2D eigenvalue weighted by atomic mass is 16.6. The first-order chi connectivity index (χ1) is 14.1. The number of aliphatic carboxylic acids is 1. The molecule has 0 saturated heterocycles. The van der Waals surface area contributed by atoms with Crippen LogP contribution in [0, 0.1) is 39.9 Å². The molecule has 0 aromatic carbocycles. The van der Waals surface area contributed by atoms with Crippen LogP contribution in [0.15, 0.2) is 11.6 Å². The van der Waals surface area contributed by atoms with Gasteiger partial charge in [-0.3, -0.25) is 9.59 Å². The van der Waals surface area contributed by atoms with Crippen molar-refractivity contribution in [3.8, 4) is 6.07 Å². The van der Waals surface area contributed by atoms with Gasteiger partial charge < -0.3 is 14.6 Å². The molecule has 4 aliphatic rings. The van der Waals surface area contributed by atoms with Crippen LogP contribution in [0.2, 0.25) is 0 Å². The van der Waals surface area contributed by atoms with Crippen LogP contribution in [-0.4, -0.2) is 23.3 Å². The highest BCUT2D eigenvalue weighted by molar-refractivity contribution is 5.91. The number of carbonyl (C=O) groups is 3. The van der Waals surface area contributed by atoms with Crippen LogP contribution in [0.5, 0.6) is 0 Å². The molecule has 0 bridgehead atoms. The third-order valence-corrected chi connectivity index (χ3v) is 9.08. The first-order valence-corrected chi connectivity index (χ1v) is 11.2. The Morgan fingerprint density at radius 3 is 2.57 bits per heavy atom. The Morgan fingerprint density at radius 2 is 1.87 bits per heavy atom. The monoisotopic (exact) mass is 412 g/mol. The van der Waals surface area contributed by atoms with Crippen LogP contribution in [0.25, 0.3) is 0 Å². The van der Waals surface area contributed by atoms with Crippen molar-refractivity contribution < 1.29 is 24.2 Å². The molecule has 0 radical (unpaired) electrons. The van der Waals surface area contributed by atoms with Gasteiger partial charge in [0.15, 0.2) is 5.78 Å². The molecule has 4 rings (SSSR count). The molecule has 30 heavy (non-hydrogen) atoms. The van der Waals surface area contributed by atoms with Crippen LogP contribution < -0.4 is 5.11 Å². The number of fused-ring (bicyclic) bond motifs is 5. The standard InChI is InChI=1S/C24H31NO5/c1-22-10-7-16(26)13-15(22)3-4-17-18(22)8-11-23(2)19(17)9-12-24(23,14-25)30-21(29)6-5-20(27)28/h13,17-19H,3-12H2,1-2H3,(H,27,28)/p-1/t17-,18-,19-,22+,23-,24+/m0/s1. The highest BCUT2D eigenvalue weighted by Gasteiger charge is 2.66. The van der Waals surface area contributed by atoms with Crippen LogP contribution >= 0.6 is 0 Å². The molecule has 0 aromatic heterocycles. The molecule has 6 nitrogen and oxygen atoms in total. The maximum absolute atomic E-state index is 12.3. The zero-order chi connectivity index (χ0) is 21.7. The number of carbonyl (C=O) groups excluding carboxylic acids is 3. The Labute approximate surface area is 177 Å². The molecule has 0 aromatic rings. The molecule has 0 amide bonds. The van der Waals surface area contributed by atoms with Crippen LogP contribution in [0.3, 0.4) is 0 Å². The van der Waals surface area contributed by atoms with Gasteiger partial charge in [-0.2, -0.15) is 5.26 Å². The molecule has 0 heterocycles. The number of carboxylic acids is 1. The predicted molar refractivity (Wildman–Crippen MR) is 105 cm³/mol. The number of ketones is 1. The van der Waals surface area contributed by atoms with Crippen LogP contribution in [-0.2, 0) is 19.1 Å². The molecule has 0 spiro atoms. The van der Waals surface area contributed by atoms with Crippen LogP contribution in [0.4, 0.5) is 0 Å². The van der Waals surface area contributed by atoms with Gasteiger partial charge in [0.05, 0.1) is 6.42 Å². The SMILES string of the molecule is C[C@]12CC[C@H]3[C@H](CCC4=CC(=O)CC[C@]43C)[C@@H]1CC[C@]2(C#N)OC(=O)CCC(=O)[O-]. The van der Waals surface area contributed by atoms with Gasteiger partial charge in [0.25, 0.3) is 0 Å². The summed E-state index contributed by atoms with van der Waals surface area (Å²) in [5.41, 5.74) is -0.254. The summed E-state index contributed by atoms with van der Waals surface area (Å²) in [6.07, 6.45) is 7.80. The highest BCUT2D eigenvalue weighted by Crippen LogP contribution is 2.68. The number of allylic oxidation sites excluding steroid dienone is 1. The van der Waals surface area contributed by atoms with Gasteiger partial charge >= 0.3 is 5.97 Å². The van der Waals surface area contributed by atoms with E-state index in [1.807, 2.05) is 6.08 Å².